The molecular weight excluding hydrogens is 204 g/mol. The van der Waals surface area contributed by atoms with E-state index in [1.807, 2.05) is 6.92 Å². The van der Waals surface area contributed by atoms with Crippen LogP contribution in [0.5, 0.6) is 0 Å². The van der Waals surface area contributed by atoms with E-state index in [2.05, 4.69) is 24.3 Å². The summed E-state index contributed by atoms with van der Waals surface area (Å²) in [6, 6.07) is 0. The highest BCUT2D eigenvalue weighted by atomic mass is 33.1. The number of hydrogen-bond donors (Lipinski definition) is 4. The second-order valence-corrected chi connectivity index (χ2v) is 3.22. The Bertz CT molecular complexity index is 95.0. The van der Waals surface area contributed by atoms with Crippen LogP contribution >= 0.6 is 35.1 Å². The highest BCUT2D eigenvalue weighted by molar-refractivity contribution is 8.68. The first kappa shape index (κ1) is 14.0. The molecule has 0 aromatic rings. The SMILES string of the molecule is CCC(O)SS.O=C(O)CS. The summed E-state index contributed by atoms with van der Waals surface area (Å²) < 4.78 is 0. The van der Waals surface area contributed by atoms with Crippen LogP contribution in [0.15, 0.2) is 0 Å². The Morgan fingerprint density at radius 1 is 1.73 bits per heavy atom. The van der Waals surface area contributed by atoms with Gasteiger partial charge in [-0.15, -0.1) is 11.7 Å². The highest BCUT2D eigenvalue weighted by Gasteiger charge is 1.92. The number of hydrogen-bond acceptors (Lipinski definition) is 5. The molecule has 0 saturated heterocycles. The molecule has 0 bridgehead atoms. The zero-order valence-corrected chi connectivity index (χ0v) is 8.70. The Balaban J connectivity index is 0. The van der Waals surface area contributed by atoms with Crippen molar-refractivity contribution in [2.75, 3.05) is 5.75 Å². The molecule has 11 heavy (non-hydrogen) atoms. The third kappa shape index (κ3) is 17.9. The molecule has 1 unspecified atom stereocenters. The molecule has 3 nitrogen and oxygen atoms in total. The van der Waals surface area contributed by atoms with Gasteiger partial charge in [-0.05, 0) is 6.42 Å². The van der Waals surface area contributed by atoms with Crippen LogP contribution in [0.1, 0.15) is 13.3 Å². The molecule has 6 heteroatoms. The molecule has 0 spiro atoms. The van der Waals surface area contributed by atoms with Gasteiger partial charge < -0.3 is 10.2 Å². The number of thiol groups is 2. The molecule has 0 aromatic carbocycles. The Kier molecular flexibility index (Phi) is 13.4. The van der Waals surface area contributed by atoms with Gasteiger partial charge in [-0.2, -0.15) is 12.6 Å². The predicted octanol–water partition coefficient (Wildman–Crippen LogP) is 1.29. The van der Waals surface area contributed by atoms with E-state index in [4.69, 9.17) is 10.2 Å². The quantitative estimate of drug-likeness (QED) is 0.326. The minimum absolute atomic E-state index is 0.0833. The van der Waals surface area contributed by atoms with Crippen molar-refractivity contribution in [3.63, 3.8) is 0 Å². The molecule has 0 aliphatic rings. The van der Waals surface area contributed by atoms with Crippen molar-refractivity contribution in [1.29, 1.82) is 0 Å². The Morgan fingerprint density at radius 3 is 2.09 bits per heavy atom. The zero-order chi connectivity index (χ0) is 9.28. The number of carboxylic acid groups (broad SMARTS) is 1. The molecule has 2 N–H and O–H groups in total. The van der Waals surface area contributed by atoms with Crippen LogP contribution in [0.4, 0.5) is 0 Å². The largest absolute Gasteiger partial charge is 0.481 e. The van der Waals surface area contributed by atoms with Crippen LogP contribution in [0.3, 0.4) is 0 Å². The van der Waals surface area contributed by atoms with Gasteiger partial charge in [0.2, 0.25) is 0 Å². The molecule has 0 aromatic heterocycles. The van der Waals surface area contributed by atoms with Crippen molar-refractivity contribution >= 4 is 41.1 Å². The minimum atomic E-state index is -0.881. The van der Waals surface area contributed by atoms with Crippen LogP contribution in [-0.2, 0) is 4.79 Å². The number of rotatable bonds is 3. The Labute approximate surface area is 80.8 Å². The van der Waals surface area contributed by atoms with Gasteiger partial charge in [0, 0.05) is 0 Å². The van der Waals surface area contributed by atoms with Gasteiger partial charge >= 0.3 is 5.97 Å². The van der Waals surface area contributed by atoms with Crippen LogP contribution in [0, 0.1) is 0 Å². The lowest BCUT2D eigenvalue weighted by Gasteiger charge is -1.96. The van der Waals surface area contributed by atoms with E-state index in [-0.39, 0.29) is 11.2 Å². The molecule has 0 aliphatic carbocycles. The maximum atomic E-state index is 9.29. The Hall–Kier alpha value is 0.480. The summed E-state index contributed by atoms with van der Waals surface area (Å²) in [5.74, 6) is -0.965. The van der Waals surface area contributed by atoms with E-state index < -0.39 is 5.97 Å². The second kappa shape index (κ2) is 10.5. The van der Waals surface area contributed by atoms with Crippen LogP contribution in [-0.4, -0.2) is 27.4 Å². The monoisotopic (exact) mass is 216 g/mol. The third-order valence-electron chi connectivity index (χ3n) is 0.606. The van der Waals surface area contributed by atoms with Crippen molar-refractivity contribution in [2.45, 2.75) is 18.8 Å². The first-order valence-corrected chi connectivity index (χ1v) is 5.45. The molecule has 68 valence electrons. The first-order valence-electron chi connectivity index (χ1n) is 2.89. The van der Waals surface area contributed by atoms with Crippen LogP contribution in [0.25, 0.3) is 0 Å². The number of carbonyl (C=O) groups is 1. The molecule has 0 radical (unpaired) electrons. The average Bonchev–Trinajstić information content (AvgIpc) is 2.04. The van der Waals surface area contributed by atoms with Crippen molar-refractivity contribution in [1.82, 2.24) is 0 Å². The van der Waals surface area contributed by atoms with E-state index in [1.54, 1.807) is 0 Å². The zero-order valence-electron chi connectivity index (χ0n) is 6.10. The maximum Gasteiger partial charge on any atom is 0.313 e. The van der Waals surface area contributed by atoms with Gasteiger partial charge in [0.05, 0.1) is 5.75 Å². The Morgan fingerprint density at radius 2 is 2.09 bits per heavy atom. The van der Waals surface area contributed by atoms with Crippen molar-refractivity contribution in [3.05, 3.63) is 0 Å². The van der Waals surface area contributed by atoms with Gasteiger partial charge in [-0.1, -0.05) is 17.7 Å². The predicted molar refractivity (Wildman–Crippen MR) is 54.4 cm³/mol. The fourth-order valence-corrected chi connectivity index (χ4v) is 0.671. The smallest absolute Gasteiger partial charge is 0.313 e. The van der Waals surface area contributed by atoms with Gasteiger partial charge in [0.15, 0.2) is 0 Å². The second-order valence-electron chi connectivity index (χ2n) is 1.52. The summed E-state index contributed by atoms with van der Waals surface area (Å²) in [6.45, 7) is 1.91. The van der Waals surface area contributed by atoms with E-state index in [0.717, 1.165) is 6.42 Å². The van der Waals surface area contributed by atoms with Gasteiger partial charge in [0.25, 0.3) is 0 Å². The summed E-state index contributed by atoms with van der Waals surface area (Å²) in [4.78, 5) is 9.29. The number of aliphatic carboxylic acids is 1. The minimum Gasteiger partial charge on any atom is -0.481 e. The van der Waals surface area contributed by atoms with E-state index >= 15 is 0 Å². The van der Waals surface area contributed by atoms with Gasteiger partial charge in [-0.3, -0.25) is 4.79 Å². The normalized spacial score (nSPS) is 11.3. The van der Waals surface area contributed by atoms with Crippen molar-refractivity contribution in [2.24, 2.45) is 0 Å². The fourth-order valence-electron chi connectivity index (χ4n) is 0.0745. The summed E-state index contributed by atoms with van der Waals surface area (Å²) in [7, 11) is 1.17. The van der Waals surface area contributed by atoms with Gasteiger partial charge in [0.1, 0.15) is 5.44 Å². The lowest BCUT2D eigenvalue weighted by molar-refractivity contribution is -0.133. The summed E-state index contributed by atoms with van der Waals surface area (Å²) in [6.07, 6.45) is 0.772. The van der Waals surface area contributed by atoms with E-state index in [1.165, 1.54) is 10.8 Å². The number of aliphatic hydroxyl groups is 1. The van der Waals surface area contributed by atoms with Crippen molar-refractivity contribution in [3.8, 4) is 0 Å². The number of aliphatic hydroxyl groups excluding tert-OH is 1. The topological polar surface area (TPSA) is 57.5 Å². The fraction of sp³-hybridized carbons (Fsp3) is 0.800. The summed E-state index contributed by atoms with van der Waals surface area (Å²) >= 11 is 7.18. The molecule has 0 fully saturated rings. The lowest BCUT2D eigenvalue weighted by atomic mass is 10.5. The molecular formula is C5H12O3S3. The standard InChI is InChI=1S/C3H8OS2.C2H4O2S/c1-2-3(4)6-5;3-2(4)1-5/h3-5H,2H2,1H3;5H,1H2,(H,3,4). The average molecular weight is 216 g/mol. The van der Waals surface area contributed by atoms with Crippen molar-refractivity contribution < 1.29 is 15.0 Å². The summed E-state index contributed by atoms with van der Waals surface area (Å²) in [5.41, 5.74) is -0.284. The van der Waals surface area contributed by atoms with Crippen LogP contribution in [0.2, 0.25) is 0 Å². The van der Waals surface area contributed by atoms with E-state index in [9.17, 15) is 4.79 Å². The van der Waals surface area contributed by atoms with Gasteiger partial charge in [-0.25, -0.2) is 0 Å². The summed E-state index contributed by atoms with van der Waals surface area (Å²) in [5, 5.41) is 16.2. The van der Waals surface area contributed by atoms with Crippen LogP contribution < -0.4 is 0 Å². The molecule has 0 rings (SSSR count). The molecule has 0 heterocycles. The maximum absolute atomic E-state index is 9.29. The van der Waals surface area contributed by atoms with E-state index in [0.29, 0.717) is 0 Å². The highest BCUT2D eigenvalue weighted by Crippen LogP contribution is 2.13. The number of carboxylic acids is 1. The first-order chi connectivity index (χ1) is 5.08. The lowest BCUT2D eigenvalue weighted by Crippen LogP contribution is -1.92. The third-order valence-corrected chi connectivity index (χ3v) is 2.18. The molecule has 0 saturated carbocycles. The molecule has 0 amide bonds. The molecule has 1 atom stereocenters. The molecule has 0 aliphatic heterocycles.